The summed E-state index contributed by atoms with van der Waals surface area (Å²) in [6.45, 7) is 1.68. The van der Waals surface area contributed by atoms with Crippen molar-refractivity contribution in [3.63, 3.8) is 0 Å². The van der Waals surface area contributed by atoms with Crippen LogP contribution in [0.1, 0.15) is 44.1 Å². The molecule has 0 radical (unpaired) electrons. The van der Waals surface area contributed by atoms with E-state index >= 15 is 0 Å². The lowest BCUT2D eigenvalue weighted by Gasteiger charge is -2.36. The molecule has 1 aliphatic carbocycles. The highest BCUT2D eigenvalue weighted by Gasteiger charge is 2.40. The molecule has 1 aromatic rings. The Bertz CT molecular complexity index is 475. The fourth-order valence-electron chi connectivity index (χ4n) is 3.22. The lowest BCUT2D eigenvalue weighted by molar-refractivity contribution is -0.128. The van der Waals surface area contributed by atoms with E-state index in [-0.39, 0.29) is 23.7 Å². The van der Waals surface area contributed by atoms with Gasteiger partial charge in [-0.25, -0.2) is 0 Å². The number of benzene rings is 1. The number of amides is 1. The quantitative estimate of drug-likeness (QED) is 0.727. The minimum Gasteiger partial charge on any atom is -0.355 e. The Labute approximate surface area is 148 Å². The van der Waals surface area contributed by atoms with Gasteiger partial charge in [0.05, 0.1) is 5.41 Å². The van der Waals surface area contributed by atoms with Gasteiger partial charge in [0, 0.05) is 11.0 Å². The highest BCUT2D eigenvalue weighted by atomic mass is 79.9. The average molecular weight is 390 g/mol. The number of nitrogens with one attached hydrogen (secondary N) is 2. The second-order valence-corrected chi connectivity index (χ2v) is 6.78. The summed E-state index contributed by atoms with van der Waals surface area (Å²) in [4.78, 5) is 12.8. The van der Waals surface area contributed by atoms with Gasteiger partial charge in [-0.05, 0) is 50.6 Å². The molecule has 5 heteroatoms. The first kappa shape index (κ1) is 19.5. The number of hydrogen-bond donors (Lipinski definition) is 2. The molecular formula is C17H26BrClN2O. The SMILES string of the molecule is CNCCCNC(=O)C1(c2cccc(Br)c2)CCCCC1.Cl. The largest absolute Gasteiger partial charge is 0.355 e. The number of halogens is 2. The van der Waals surface area contributed by atoms with E-state index in [1.54, 1.807) is 0 Å². The zero-order valence-corrected chi connectivity index (χ0v) is 15.6. The zero-order valence-electron chi connectivity index (χ0n) is 13.2. The monoisotopic (exact) mass is 388 g/mol. The molecule has 0 bridgehead atoms. The molecule has 1 fully saturated rings. The van der Waals surface area contributed by atoms with Gasteiger partial charge in [0.25, 0.3) is 0 Å². The second-order valence-electron chi connectivity index (χ2n) is 5.87. The van der Waals surface area contributed by atoms with Crippen LogP contribution in [-0.4, -0.2) is 26.0 Å². The molecule has 0 unspecified atom stereocenters. The van der Waals surface area contributed by atoms with E-state index in [1.165, 1.54) is 6.42 Å². The summed E-state index contributed by atoms with van der Waals surface area (Å²) < 4.78 is 1.05. The second kappa shape index (κ2) is 9.53. The number of carbonyl (C=O) groups excluding carboxylic acids is 1. The van der Waals surface area contributed by atoms with Gasteiger partial charge in [0.15, 0.2) is 0 Å². The van der Waals surface area contributed by atoms with Gasteiger partial charge in [-0.2, -0.15) is 0 Å². The molecular weight excluding hydrogens is 364 g/mol. The Hall–Kier alpha value is -0.580. The van der Waals surface area contributed by atoms with Gasteiger partial charge in [-0.1, -0.05) is 47.3 Å². The van der Waals surface area contributed by atoms with Gasteiger partial charge in [0.2, 0.25) is 5.91 Å². The predicted molar refractivity (Wildman–Crippen MR) is 97.7 cm³/mol. The third-order valence-electron chi connectivity index (χ3n) is 4.41. The lowest BCUT2D eigenvalue weighted by Crippen LogP contribution is -2.46. The first-order chi connectivity index (χ1) is 10.2. The van der Waals surface area contributed by atoms with Crippen LogP contribution in [0, 0.1) is 0 Å². The third kappa shape index (κ3) is 4.71. The molecule has 1 amide bonds. The molecule has 0 aliphatic heterocycles. The van der Waals surface area contributed by atoms with E-state index in [1.807, 2.05) is 19.2 Å². The van der Waals surface area contributed by atoms with Gasteiger partial charge >= 0.3 is 0 Å². The van der Waals surface area contributed by atoms with Crippen molar-refractivity contribution in [1.29, 1.82) is 0 Å². The van der Waals surface area contributed by atoms with Crippen molar-refractivity contribution in [1.82, 2.24) is 10.6 Å². The van der Waals surface area contributed by atoms with Crippen LogP contribution < -0.4 is 10.6 Å². The van der Waals surface area contributed by atoms with Crippen molar-refractivity contribution >= 4 is 34.2 Å². The van der Waals surface area contributed by atoms with Crippen LogP contribution in [0.4, 0.5) is 0 Å². The lowest BCUT2D eigenvalue weighted by atomic mass is 9.68. The molecule has 3 nitrogen and oxygen atoms in total. The predicted octanol–water partition coefficient (Wildman–Crippen LogP) is 3.80. The Balaban J connectivity index is 0.00000242. The van der Waals surface area contributed by atoms with Crippen LogP contribution in [0.3, 0.4) is 0 Å². The van der Waals surface area contributed by atoms with E-state index in [0.717, 1.165) is 55.2 Å². The topological polar surface area (TPSA) is 41.1 Å². The summed E-state index contributed by atoms with van der Waals surface area (Å²) in [6.07, 6.45) is 6.40. The van der Waals surface area contributed by atoms with Crippen molar-refractivity contribution < 1.29 is 4.79 Å². The van der Waals surface area contributed by atoms with E-state index in [2.05, 4.69) is 38.7 Å². The van der Waals surface area contributed by atoms with E-state index in [0.29, 0.717) is 0 Å². The minimum absolute atomic E-state index is 0. The molecule has 0 aromatic heterocycles. The Kier molecular flexibility index (Phi) is 8.44. The maximum absolute atomic E-state index is 12.8. The standard InChI is InChI=1S/C17H25BrN2O.ClH/c1-19-11-6-12-20-16(21)17(9-3-2-4-10-17)14-7-5-8-15(18)13-14;/h5,7-8,13,19H,2-4,6,9-12H2,1H3,(H,20,21);1H. The molecule has 2 N–H and O–H groups in total. The van der Waals surface area contributed by atoms with Crippen LogP contribution in [-0.2, 0) is 10.2 Å². The van der Waals surface area contributed by atoms with Crippen molar-refractivity contribution in [3.05, 3.63) is 34.3 Å². The van der Waals surface area contributed by atoms with Crippen LogP contribution in [0.25, 0.3) is 0 Å². The molecule has 124 valence electrons. The summed E-state index contributed by atoms with van der Waals surface area (Å²) in [5.41, 5.74) is 0.824. The van der Waals surface area contributed by atoms with Crippen LogP contribution in [0.15, 0.2) is 28.7 Å². The van der Waals surface area contributed by atoms with Crippen molar-refractivity contribution in [2.75, 3.05) is 20.1 Å². The molecule has 1 saturated carbocycles. The Morgan fingerprint density at radius 3 is 2.59 bits per heavy atom. The summed E-state index contributed by atoms with van der Waals surface area (Å²) in [5.74, 6) is 0.205. The van der Waals surface area contributed by atoms with Crippen LogP contribution in [0.5, 0.6) is 0 Å². The van der Waals surface area contributed by atoms with Gasteiger partial charge < -0.3 is 10.6 Å². The maximum atomic E-state index is 12.8. The third-order valence-corrected chi connectivity index (χ3v) is 4.90. The van der Waals surface area contributed by atoms with Gasteiger partial charge in [0.1, 0.15) is 0 Å². The molecule has 2 rings (SSSR count). The summed E-state index contributed by atoms with van der Waals surface area (Å²) in [7, 11) is 1.94. The van der Waals surface area contributed by atoms with E-state index in [4.69, 9.17) is 0 Å². The summed E-state index contributed by atoms with van der Waals surface area (Å²) in [6, 6.07) is 8.26. The zero-order chi connectivity index (χ0) is 15.1. The van der Waals surface area contributed by atoms with Crippen molar-refractivity contribution in [2.45, 2.75) is 43.9 Å². The summed E-state index contributed by atoms with van der Waals surface area (Å²) >= 11 is 3.54. The molecule has 0 saturated heterocycles. The van der Waals surface area contributed by atoms with Gasteiger partial charge in [-0.15, -0.1) is 12.4 Å². The van der Waals surface area contributed by atoms with Crippen LogP contribution in [0.2, 0.25) is 0 Å². The first-order valence-electron chi connectivity index (χ1n) is 7.88. The molecule has 0 atom stereocenters. The molecule has 1 aromatic carbocycles. The highest BCUT2D eigenvalue weighted by molar-refractivity contribution is 9.10. The Morgan fingerprint density at radius 2 is 1.95 bits per heavy atom. The normalized spacial score (nSPS) is 16.6. The number of carbonyl (C=O) groups is 1. The van der Waals surface area contributed by atoms with E-state index in [9.17, 15) is 4.79 Å². The molecule has 22 heavy (non-hydrogen) atoms. The molecule has 0 heterocycles. The first-order valence-corrected chi connectivity index (χ1v) is 8.67. The number of hydrogen-bond acceptors (Lipinski definition) is 2. The number of rotatable bonds is 6. The highest BCUT2D eigenvalue weighted by Crippen LogP contribution is 2.40. The minimum atomic E-state index is -0.332. The van der Waals surface area contributed by atoms with Crippen LogP contribution >= 0.6 is 28.3 Å². The molecule has 1 aliphatic rings. The fourth-order valence-corrected chi connectivity index (χ4v) is 3.62. The Morgan fingerprint density at radius 1 is 1.23 bits per heavy atom. The fraction of sp³-hybridized carbons (Fsp3) is 0.588. The smallest absolute Gasteiger partial charge is 0.230 e. The average Bonchev–Trinajstić information content (AvgIpc) is 2.52. The van der Waals surface area contributed by atoms with Gasteiger partial charge in [-0.3, -0.25) is 4.79 Å². The maximum Gasteiger partial charge on any atom is 0.230 e. The van der Waals surface area contributed by atoms with Crippen molar-refractivity contribution in [2.24, 2.45) is 0 Å². The van der Waals surface area contributed by atoms with E-state index < -0.39 is 0 Å². The molecule has 0 spiro atoms. The van der Waals surface area contributed by atoms with Crippen molar-refractivity contribution in [3.8, 4) is 0 Å². The summed E-state index contributed by atoms with van der Waals surface area (Å²) in [5, 5.41) is 6.26.